The molecule has 1 saturated heterocycles. The van der Waals surface area contributed by atoms with E-state index in [4.69, 9.17) is 9.47 Å². The first-order chi connectivity index (χ1) is 9.99. The summed E-state index contributed by atoms with van der Waals surface area (Å²) in [5.74, 6) is -0.939. The highest BCUT2D eigenvalue weighted by atomic mass is 16.6. The molecule has 2 aliphatic rings. The number of hydrogen-bond acceptors (Lipinski definition) is 5. The van der Waals surface area contributed by atoms with Crippen molar-refractivity contribution in [2.45, 2.75) is 53.8 Å². The largest absolute Gasteiger partial charge is 0.461 e. The number of fused-ring (bicyclic) bond motifs is 1. The highest BCUT2D eigenvalue weighted by Crippen LogP contribution is 2.53. The van der Waals surface area contributed by atoms with Gasteiger partial charge in [0.25, 0.3) is 0 Å². The van der Waals surface area contributed by atoms with Crippen molar-refractivity contribution in [3.63, 3.8) is 0 Å². The monoisotopic (exact) mass is 310 g/mol. The molecule has 0 aromatic rings. The van der Waals surface area contributed by atoms with E-state index in [1.165, 1.54) is 0 Å². The van der Waals surface area contributed by atoms with E-state index >= 15 is 0 Å². The topological polar surface area (TPSA) is 72.8 Å². The number of aliphatic hydroxyl groups is 1. The fourth-order valence-corrected chi connectivity index (χ4v) is 3.48. The van der Waals surface area contributed by atoms with Gasteiger partial charge in [0, 0.05) is 5.92 Å². The molecule has 0 spiro atoms. The normalized spacial score (nSPS) is 34.5. The summed E-state index contributed by atoms with van der Waals surface area (Å²) in [5, 5.41) is 10.3. The first kappa shape index (κ1) is 17.0. The minimum Gasteiger partial charge on any atom is -0.461 e. The van der Waals surface area contributed by atoms with Crippen LogP contribution < -0.4 is 0 Å². The molecule has 0 aromatic heterocycles. The second kappa shape index (κ2) is 5.37. The maximum Gasteiger partial charge on any atom is 0.316 e. The van der Waals surface area contributed by atoms with Gasteiger partial charge in [-0.25, -0.2) is 0 Å². The lowest BCUT2D eigenvalue weighted by Gasteiger charge is -2.28. The van der Waals surface area contributed by atoms with Crippen LogP contribution in [-0.2, 0) is 19.1 Å². The summed E-state index contributed by atoms with van der Waals surface area (Å²) in [5.41, 5.74) is -0.534. The third-order valence-corrected chi connectivity index (χ3v) is 4.68. The third kappa shape index (κ3) is 2.56. The van der Waals surface area contributed by atoms with E-state index in [2.05, 4.69) is 0 Å². The Balaban J connectivity index is 2.16. The van der Waals surface area contributed by atoms with Crippen molar-refractivity contribution in [2.75, 3.05) is 6.61 Å². The minimum absolute atomic E-state index is 0.0155. The van der Waals surface area contributed by atoms with Crippen molar-refractivity contribution in [3.8, 4) is 0 Å². The van der Waals surface area contributed by atoms with Gasteiger partial charge >= 0.3 is 11.9 Å². The van der Waals surface area contributed by atoms with Crippen LogP contribution in [0.4, 0.5) is 0 Å². The zero-order valence-corrected chi connectivity index (χ0v) is 14.2. The Kier molecular flexibility index (Phi) is 4.15. The molecule has 0 unspecified atom stereocenters. The number of esters is 2. The zero-order chi connectivity index (χ0) is 16.9. The highest BCUT2D eigenvalue weighted by Gasteiger charge is 2.62. The molecule has 5 heteroatoms. The van der Waals surface area contributed by atoms with Gasteiger partial charge in [-0.05, 0) is 33.6 Å². The summed E-state index contributed by atoms with van der Waals surface area (Å²) in [7, 11) is 0. The molecule has 2 rings (SSSR count). The second-order valence-corrected chi connectivity index (χ2v) is 7.79. The SMILES string of the molecule is CC(C)C1=C[C@H](O)[C@@H]2[C@@H](COC(=O)C(C)(C)C)OC(=O)[C@]12C. The first-order valence-corrected chi connectivity index (χ1v) is 7.78. The molecular weight excluding hydrogens is 284 g/mol. The van der Waals surface area contributed by atoms with E-state index in [1.54, 1.807) is 26.8 Å². The number of carbonyl (C=O) groups is 2. The van der Waals surface area contributed by atoms with Crippen LogP contribution in [0.5, 0.6) is 0 Å². The van der Waals surface area contributed by atoms with Crippen LogP contribution >= 0.6 is 0 Å². The quantitative estimate of drug-likeness (QED) is 0.638. The summed E-state index contributed by atoms with van der Waals surface area (Å²) >= 11 is 0. The second-order valence-electron chi connectivity index (χ2n) is 7.79. The van der Waals surface area contributed by atoms with E-state index in [-0.39, 0.29) is 24.5 Å². The van der Waals surface area contributed by atoms with Crippen LogP contribution in [0.25, 0.3) is 0 Å². The molecule has 0 amide bonds. The number of carbonyl (C=O) groups excluding carboxylic acids is 2. The van der Waals surface area contributed by atoms with Gasteiger partial charge in [-0.3, -0.25) is 9.59 Å². The maximum absolute atomic E-state index is 12.4. The number of cyclic esters (lactones) is 1. The van der Waals surface area contributed by atoms with Crippen LogP contribution in [0.3, 0.4) is 0 Å². The molecule has 1 N–H and O–H groups in total. The van der Waals surface area contributed by atoms with Crippen LogP contribution in [0.15, 0.2) is 11.6 Å². The van der Waals surface area contributed by atoms with Crippen LogP contribution in [0, 0.1) is 22.7 Å². The van der Waals surface area contributed by atoms with E-state index in [9.17, 15) is 14.7 Å². The molecule has 1 heterocycles. The van der Waals surface area contributed by atoms with E-state index < -0.39 is 29.0 Å². The van der Waals surface area contributed by atoms with Gasteiger partial charge in [0.1, 0.15) is 12.7 Å². The van der Waals surface area contributed by atoms with Crippen molar-refractivity contribution in [1.82, 2.24) is 0 Å². The lowest BCUT2D eigenvalue weighted by Crippen LogP contribution is -2.38. The van der Waals surface area contributed by atoms with Gasteiger partial charge in [-0.2, -0.15) is 0 Å². The molecule has 0 bridgehead atoms. The first-order valence-electron chi connectivity index (χ1n) is 7.78. The lowest BCUT2D eigenvalue weighted by atomic mass is 9.72. The Bertz CT molecular complexity index is 514. The van der Waals surface area contributed by atoms with Crippen LogP contribution in [-0.4, -0.2) is 35.9 Å². The summed E-state index contributed by atoms with van der Waals surface area (Å²) in [4.78, 5) is 24.3. The van der Waals surface area contributed by atoms with Gasteiger partial charge < -0.3 is 14.6 Å². The van der Waals surface area contributed by atoms with Crippen molar-refractivity contribution in [1.29, 1.82) is 0 Å². The van der Waals surface area contributed by atoms with Gasteiger partial charge in [0.2, 0.25) is 0 Å². The minimum atomic E-state index is -0.827. The summed E-state index contributed by atoms with van der Waals surface area (Å²) in [6, 6.07) is 0. The number of ether oxygens (including phenoxy) is 2. The lowest BCUT2D eigenvalue weighted by molar-refractivity contribution is -0.161. The predicted octanol–water partition coefficient (Wildman–Crippen LogP) is 2.08. The van der Waals surface area contributed by atoms with Gasteiger partial charge in [0.15, 0.2) is 0 Å². The van der Waals surface area contributed by atoms with E-state index in [0.29, 0.717) is 0 Å². The fraction of sp³-hybridized carbons (Fsp3) is 0.765. The molecule has 4 atom stereocenters. The van der Waals surface area contributed by atoms with E-state index in [0.717, 1.165) is 5.57 Å². The van der Waals surface area contributed by atoms with Crippen molar-refractivity contribution >= 4 is 11.9 Å². The predicted molar refractivity (Wildman–Crippen MR) is 80.8 cm³/mol. The molecular formula is C17H26O5. The zero-order valence-electron chi connectivity index (χ0n) is 14.2. The van der Waals surface area contributed by atoms with Crippen molar-refractivity contribution in [3.05, 3.63) is 11.6 Å². The van der Waals surface area contributed by atoms with Gasteiger partial charge in [0.05, 0.1) is 16.9 Å². The van der Waals surface area contributed by atoms with Gasteiger partial charge in [-0.15, -0.1) is 0 Å². The maximum atomic E-state index is 12.4. The number of aliphatic hydroxyl groups excluding tert-OH is 1. The molecule has 22 heavy (non-hydrogen) atoms. The highest BCUT2D eigenvalue weighted by molar-refractivity contribution is 5.84. The third-order valence-electron chi connectivity index (χ3n) is 4.68. The molecule has 124 valence electrons. The fourth-order valence-electron chi connectivity index (χ4n) is 3.48. The Labute approximate surface area is 131 Å². The molecule has 0 radical (unpaired) electrons. The Morgan fingerprint density at radius 3 is 2.55 bits per heavy atom. The number of rotatable bonds is 3. The van der Waals surface area contributed by atoms with Crippen LogP contribution in [0.2, 0.25) is 0 Å². The average molecular weight is 310 g/mol. The molecule has 0 aromatic carbocycles. The standard InChI is InChI=1S/C17H26O5/c1-9(2)10-7-11(18)13-12(22-15(20)17(10,13)6)8-21-14(19)16(3,4)5/h7,9,11-13,18H,8H2,1-6H3/t11-,12+,13+,17+/m0/s1. The Hall–Kier alpha value is -1.36. The molecule has 0 saturated carbocycles. The van der Waals surface area contributed by atoms with Crippen molar-refractivity contribution < 1.29 is 24.2 Å². The molecule has 1 aliphatic heterocycles. The molecule has 5 nitrogen and oxygen atoms in total. The smallest absolute Gasteiger partial charge is 0.316 e. The Morgan fingerprint density at radius 1 is 1.45 bits per heavy atom. The number of hydrogen-bond donors (Lipinski definition) is 1. The molecule has 1 fully saturated rings. The van der Waals surface area contributed by atoms with E-state index in [1.807, 2.05) is 20.8 Å². The van der Waals surface area contributed by atoms with Crippen molar-refractivity contribution in [2.24, 2.45) is 22.7 Å². The van der Waals surface area contributed by atoms with Crippen LogP contribution in [0.1, 0.15) is 41.5 Å². The summed E-state index contributed by atoms with van der Waals surface area (Å²) < 4.78 is 10.7. The Morgan fingerprint density at radius 2 is 2.05 bits per heavy atom. The average Bonchev–Trinajstić information content (AvgIpc) is 2.79. The van der Waals surface area contributed by atoms with Gasteiger partial charge in [-0.1, -0.05) is 25.5 Å². The summed E-state index contributed by atoms with van der Waals surface area (Å²) in [6.45, 7) is 11.1. The molecule has 1 aliphatic carbocycles. The summed E-state index contributed by atoms with van der Waals surface area (Å²) in [6.07, 6.45) is 0.396.